The molecule has 1 atom stereocenters. The van der Waals surface area contributed by atoms with Gasteiger partial charge in [-0.05, 0) is 32.9 Å². The van der Waals surface area contributed by atoms with E-state index >= 15 is 0 Å². The summed E-state index contributed by atoms with van der Waals surface area (Å²) < 4.78 is 12.8. The highest BCUT2D eigenvalue weighted by atomic mass is 32.1. The topological polar surface area (TPSA) is 99.0 Å². The fraction of sp³-hybridized carbons (Fsp3) is 0.231. The molecular formula is C26H23N3O5S. The summed E-state index contributed by atoms with van der Waals surface area (Å²) in [6, 6.07) is 13.7. The van der Waals surface area contributed by atoms with Gasteiger partial charge in [0.15, 0.2) is 4.80 Å². The van der Waals surface area contributed by atoms with Crippen LogP contribution in [0, 0.1) is 0 Å². The normalized spacial score (nSPS) is 18.1. The van der Waals surface area contributed by atoms with Crippen LogP contribution in [0.25, 0.3) is 5.57 Å². The molecule has 9 heteroatoms. The Morgan fingerprint density at radius 2 is 1.83 bits per heavy atom. The van der Waals surface area contributed by atoms with Crippen LogP contribution in [0.15, 0.2) is 69.6 Å². The molecule has 0 aliphatic carbocycles. The number of nitrogens with one attached hydrogen (secondary N) is 1. The van der Waals surface area contributed by atoms with Crippen molar-refractivity contribution in [2.24, 2.45) is 4.99 Å². The van der Waals surface area contributed by atoms with Crippen molar-refractivity contribution in [3.05, 3.63) is 90.6 Å². The van der Waals surface area contributed by atoms with Crippen LogP contribution in [0.3, 0.4) is 0 Å². The fourth-order valence-electron chi connectivity index (χ4n) is 4.45. The number of hydrogen-bond acceptors (Lipinski definition) is 7. The van der Waals surface area contributed by atoms with Crippen LogP contribution in [0.1, 0.15) is 37.9 Å². The maximum atomic E-state index is 13.9. The minimum Gasteiger partial charge on any atom is -0.491 e. The highest BCUT2D eigenvalue weighted by Crippen LogP contribution is 2.36. The molecule has 3 aromatic rings. The van der Waals surface area contributed by atoms with Crippen molar-refractivity contribution in [2.45, 2.75) is 32.9 Å². The molecule has 0 radical (unpaired) electrons. The van der Waals surface area contributed by atoms with Gasteiger partial charge in [-0.3, -0.25) is 14.2 Å². The maximum absolute atomic E-state index is 13.9. The third-order valence-corrected chi connectivity index (χ3v) is 6.93. The number of allylic oxidation sites excluding steroid dienone is 1. The quantitative estimate of drug-likeness (QED) is 0.568. The third-order valence-electron chi connectivity index (χ3n) is 5.88. The predicted octanol–water partition coefficient (Wildman–Crippen LogP) is 2.52. The summed E-state index contributed by atoms with van der Waals surface area (Å²) >= 11 is 1.13. The number of carbonyl (C=O) groups is 2. The molecule has 2 aromatic carbocycles. The maximum Gasteiger partial charge on any atom is 0.338 e. The van der Waals surface area contributed by atoms with Crippen LogP contribution in [0.4, 0.5) is 5.69 Å². The third kappa shape index (κ3) is 3.68. The van der Waals surface area contributed by atoms with Gasteiger partial charge in [-0.15, -0.1) is 0 Å². The molecule has 0 bridgehead atoms. The van der Waals surface area contributed by atoms with E-state index in [0.29, 0.717) is 38.6 Å². The lowest BCUT2D eigenvalue weighted by Crippen LogP contribution is -2.40. The van der Waals surface area contributed by atoms with Crippen LogP contribution in [-0.2, 0) is 14.3 Å². The van der Waals surface area contributed by atoms with Crippen molar-refractivity contribution in [3.63, 3.8) is 0 Å². The van der Waals surface area contributed by atoms with Gasteiger partial charge in [-0.1, -0.05) is 47.7 Å². The summed E-state index contributed by atoms with van der Waals surface area (Å²) in [5.41, 5.74) is 2.51. The minimum atomic E-state index is -0.831. The molecule has 0 fully saturated rings. The van der Waals surface area contributed by atoms with Crippen molar-refractivity contribution in [3.8, 4) is 5.75 Å². The Kier molecular flexibility index (Phi) is 5.64. The molecule has 0 saturated carbocycles. The highest BCUT2D eigenvalue weighted by molar-refractivity contribution is 7.07. The molecule has 2 aliphatic heterocycles. The van der Waals surface area contributed by atoms with E-state index in [0.717, 1.165) is 11.3 Å². The molecule has 0 spiro atoms. The molecule has 5 rings (SSSR count). The van der Waals surface area contributed by atoms with Crippen LogP contribution >= 0.6 is 11.3 Å². The van der Waals surface area contributed by atoms with Gasteiger partial charge in [0.25, 0.3) is 11.5 Å². The van der Waals surface area contributed by atoms with Crippen molar-refractivity contribution in [2.75, 3.05) is 12.4 Å². The number of thiazole rings is 1. The van der Waals surface area contributed by atoms with E-state index < -0.39 is 17.6 Å². The van der Waals surface area contributed by atoms with Gasteiger partial charge in [0.05, 0.1) is 30.1 Å². The van der Waals surface area contributed by atoms with Crippen LogP contribution in [-0.4, -0.2) is 29.7 Å². The average molecular weight is 490 g/mol. The summed E-state index contributed by atoms with van der Waals surface area (Å²) in [5, 5.41) is 2.82. The number of carbonyl (C=O) groups excluding carboxylic acids is 2. The van der Waals surface area contributed by atoms with E-state index in [2.05, 4.69) is 10.3 Å². The molecular weight excluding hydrogens is 466 g/mol. The largest absolute Gasteiger partial charge is 0.491 e. The molecule has 1 aromatic heterocycles. The fourth-order valence-corrected chi connectivity index (χ4v) is 5.59. The van der Waals surface area contributed by atoms with Gasteiger partial charge in [-0.25, -0.2) is 9.79 Å². The lowest BCUT2D eigenvalue weighted by atomic mass is 9.95. The van der Waals surface area contributed by atoms with Crippen molar-refractivity contribution < 1.29 is 19.1 Å². The number of fused-ring (bicyclic) bond motifs is 2. The predicted molar refractivity (Wildman–Crippen MR) is 132 cm³/mol. The number of anilines is 1. The molecule has 3 heterocycles. The molecule has 8 nitrogen and oxygen atoms in total. The minimum absolute atomic E-state index is 0.125. The zero-order valence-electron chi connectivity index (χ0n) is 19.6. The highest BCUT2D eigenvalue weighted by Gasteiger charge is 2.36. The number of aromatic nitrogens is 1. The first-order chi connectivity index (χ1) is 16.8. The Morgan fingerprint density at radius 1 is 1.11 bits per heavy atom. The standard InChI is InChI=1S/C26H23N3O5S/c1-13(2)34-18-12-8-6-10-16(18)21-19(25(32)33-4)14(3)27-26-29(21)24(31)22(35-26)20-15-9-5-7-11-17(15)28-23(20)30/h5-13,21H,1-4H3,(H,28,30)/b22-20+/t21-/m0/s1. The summed E-state index contributed by atoms with van der Waals surface area (Å²) in [4.78, 5) is 44.7. The average Bonchev–Trinajstić information content (AvgIpc) is 3.32. The number of methoxy groups -OCH3 is 1. The molecule has 0 unspecified atom stereocenters. The molecule has 178 valence electrons. The van der Waals surface area contributed by atoms with Crippen molar-refractivity contribution >= 4 is 34.5 Å². The van der Waals surface area contributed by atoms with Gasteiger partial charge in [0, 0.05) is 16.8 Å². The first-order valence-corrected chi connectivity index (χ1v) is 11.9. The molecule has 1 amide bonds. The molecule has 1 N–H and O–H groups in total. The van der Waals surface area contributed by atoms with E-state index in [9.17, 15) is 14.4 Å². The Morgan fingerprint density at radius 3 is 2.57 bits per heavy atom. The first-order valence-electron chi connectivity index (χ1n) is 11.1. The lowest BCUT2D eigenvalue weighted by Gasteiger charge is -2.26. The second-order valence-corrected chi connectivity index (χ2v) is 9.45. The Labute approximate surface area is 204 Å². The van der Waals surface area contributed by atoms with E-state index in [1.165, 1.54) is 11.7 Å². The number of esters is 1. The number of amides is 1. The second-order valence-electron chi connectivity index (χ2n) is 8.47. The Hall–Kier alpha value is -3.98. The summed E-state index contributed by atoms with van der Waals surface area (Å²) in [5.74, 6) is -0.385. The second kappa shape index (κ2) is 8.66. The van der Waals surface area contributed by atoms with E-state index in [4.69, 9.17) is 9.47 Å². The number of rotatable bonds is 4. The Bertz CT molecular complexity index is 1600. The molecule has 2 aliphatic rings. The molecule has 35 heavy (non-hydrogen) atoms. The molecule has 0 saturated heterocycles. The number of nitrogens with zero attached hydrogens (tertiary/aromatic N) is 2. The van der Waals surface area contributed by atoms with Gasteiger partial charge in [-0.2, -0.15) is 0 Å². The SMILES string of the molecule is COC(=O)C1=C(C)N=c2s/c(=C3/C(=O)Nc4ccccc43)c(=O)n2[C@H]1c1ccccc1OC(C)C. The van der Waals surface area contributed by atoms with E-state index in [1.807, 2.05) is 44.2 Å². The van der Waals surface area contributed by atoms with Crippen molar-refractivity contribution in [1.29, 1.82) is 0 Å². The number of hydrogen-bond donors (Lipinski definition) is 1. The van der Waals surface area contributed by atoms with E-state index in [1.54, 1.807) is 25.1 Å². The number of para-hydroxylation sites is 2. The van der Waals surface area contributed by atoms with Gasteiger partial charge >= 0.3 is 5.97 Å². The number of benzene rings is 2. The zero-order valence-corrected chi connectivity index (χ0v) is 20.4. The van der Waals surface area contributed by atoms with Gasteiger partial charge in [0.1, 0.15) is 16.3 Å². The van der Waals surface area contributed by atoms with Gasteiger partial charge in [0.2, 0.25) is 0 Å². The zero-order chi connectivity index (χ0) is 24.9. The Balaban J connectivity index is 1.84. The van der Waals surface area contributed by atoms with Crippen LogP contribution < -0.4 is 24.9 Å². The smallest absolute Gasteiger partial charge is 0.338 e. The monoisotopic (exact) mass is 489 g/mol. The summed E-state index contributed by atoms with van der Waals surface area (Å²) in [6.45, 7) is 5.52. The van der Waals surface area contributed by atoms with Crippen LogP contribution in [0.2, 0.25) is 0 Å². The van der Waals surface area contributed by atoms with E-state index in [-0.39, 0.29) is 22.1 Å². The van der Waals surface area contributed by atoms with Crippen LogP contribution in [0.5, 0.6) is 5.75 Å². The lowest BCUT2D eigenvalue weighted by molar-refractivity contribution is -0.136. The number of ether oxygens (including phenoxy) is 2. The van der Waals surface area contributed by atoms with Crippen molar-refractivity contribution in [1.82, 2.24) is 4.57 Å². The summed E-state index contributed by atoms with van der Waals surface area (Å²) in [7, 11) is 1.29. The summed E-state index contributed by atoms with van der Waals surface area (Å²) in [6.07, 6.45) is -0.125. The first kappa shape index (κ1) is 22.8. The van der Waals surface area contributed by atoms with Gasteiger partial charge < -0.3 is 14.8 Å².